The Kier molecular flexibility index (Phi) is 5.01. The number of para-hydroxylation sites is 1. The lowest BCUT2D eigenvalue weighted by Crippen LogP contribution is -2.45. The number of benzene rings is 1. The Morgan fingerprint density at radius 3 is 2.96 bits per heavy atom. The van der Waals surface area contributed by atoms with Crippen LogP contribution in [0.25, 0.3) is 10.9 Å². The normalized spacial score (nSPS) is 14.6. The molecule has 0 aliphatic carbocycles. The van der Waals surface area contributed by atoms with Crippen LogP contribution in [0, 0.1) is 10.1 Å². The van der Waals surface area contributed by atoms with Gasteiger partial charge in [0, 0.05) is 19.6 Å². The fourth-order valence-electron chi connectivity index (χ4n) is 2.94. The molecule has 1 aliphatic rings. The van der Waals surface area contributed by atoms with E-state index < -0.39 is 11.2 Å². The van der Waals surface area contributed by atoms with Crippen molar-refractivity contribution < 1.29 is 14.7 Å². The topological polar surface area (TPSA) is 120 Å². The van der Waals surface area contributed by atoms with Crippen molar-refractivity contribution in [2.24, 2.45) is 0 Å². The zero-order valence-electron chi connectivity index (χ0n) is 14.3. The second kappa shape index (κ2) is 7.38. The van der Waals surface area contributed by atoms with Crippen molar-refractivity contribution in [3.63, 3.8) is 0 Å². The summed E-state index contributed by atoms with van der Waals surface area (Å²) < 4.78 is 1.58. The Hall–Kier alpha value is -3.17. The van der Waals surface area contributed by atoms with Gasteiger partial charge < -0.3 is 15.1 Å². The lowest BCUT2D eigenvalue weighted by molar-refractivity contribution is -0.767. The van der Waals surface area contributed by atoms with E-state index in [1.54, 1.807) is 27.7 Å². The summed E-state index contributed by atoms with van der Waals surface area (Å²) in [7, 11) is 0. The SMILES string of the molecule is CC(CNC(=O)CN1CCCn2c1nc1ccccc1c2=O)O[N+](=O)[O-]. The van der Waals surface area contributed by atoms with Gasteiger partial charge in [0.15, 0.2) is 0 Å². The predicted octanol–water partition coefficient (Wildman–Crippen LogP) is 0.320. The van der Waals surface area contributed by atoms with Crippen LogP contribution in [0.2, 0.25) is 0 Å². The number of hydrogen-bond donors (Lipinski definition) is 1. The number of amides is 1. The van der Waals surface area contributed by atoms with Crippen LogP contribution in [-0.2, 0) is 16.2 Å². The van der Waals surface area contributed by atoms with E-state index in [1.807, 2.05) is 6.07 Å². The van der Waals surface area contributed by atoms with Gasteiger partial charge in [0.2, 0.25) is 11.9 Å². The highest BCUT2D eigenvalue weighted by atomic mass is 17.0. The standard InChI is InChI=1S/C16H19N5O5/c1-11(26-21(24)25)9-17-14(22)10-19-7-4-8-20-15(23)12-5-2-3-6-13(12)18-16(19)20/h2-3,5-6,11H,4,7-10H2,1H3,(H,17,22). The first-order chi connectivity index (χ1) is 12.5. The van der Waals surface area contributed by atoms with Crippen molar-refractivity contribution in [2.45, 2.75) is 26.0 Å². The number of nitrogens with zero attached hydrogens (tertiary/aromatic N) is 4. The predicted molar refractivity (Wildman–Crippen MR) is 93.4 cm³/mol. The van der Waals surface area contributed by atoms with E-state index in [0.717, 1.165) is 6.42 Å². The Labute approximate surface area is 148 Å². The molecule has 0 saturated carbocycles. The molecule has 2 aromatic rings. The molecule has 1 aliphatic heterocycles. The molecule has 10 heteroatoms. The van der Waals surface area contributed by atoms with Gasteiger partial charge in [-0.15, -0.1) is 10.1 Å². The van der Waals surface area contributed by atoms with Crippen LogP contribution in [0.3, 0.4) is 0 Å². The summed E-state index contributed by atoms with van der Waals surface area (Å²) >= 11 is 0. The highest BCUT2D eigenvalue weighted by Gasteiger charge is 2.23. The van der Waals surface area contributed by atoms with Crippen molar-refractivity contribution in [3.8, 4) is 0 Å². The minimum absolute atomic E-state index is 0.00989. The van der Waals surface area contributed by atoms with E-state index in [0.29, 0.717) is 29.9 Å². The van der Waals surface area contributed by atoms with Crippen molar-refractivity contribution in [2.75, 3.05) is 24.5 Å². The summed E-state index contributed by atoms with van der Waals surface area (Å²) in [4.78, 5) is 45.7. The summed E-state index contributed by atoms with van der Waals surface area (Å²) in [6, 6.07) is 7.10. The first-order valence-corrected chi connectivity index (χ1v) is 8.28. The van der Waals surface area contributed by atoms with Gasteiger partial charge in [0.25, 0.3) is 10.6 Å². The maximum absolute atomic E-state index is 12.6. The van der Waals surface area contributed by atoms with E-state index in [-0.39, 0.29) is 24.6 Å². The van der Waals surface area contributed by atoms with Crippen LogP contribution in [0.1, 0.15) is 13.3 Å². The second-order valence-corrected chi connectivity index (χ2v) is 6.10. The third kappa shape index (κ3) is 3.73. The number of anilines is 1. The van der Waals surface area contributed by atoms with Crippen LogP contribution < -0.4 is 15.8 Å². The Morgan fingerprint density at radius 1 is 1.42 bits per heavy atom. The van der Waals surface area contributed by atoms with Crippen LogP contribution >= 0.6 is 0 Å². The van der Waals surface area contributed by atoms with Crippen molar-refractivity contribution >= 4 is 22.8 Å². The summed E-state index contributed by atoms with van der Waals surface area (Å²) in [5.74, 6) is 0.143. The fourth-order valence-corrected chi connectivity index (χ4v) is 2.94. The molecule has 1 atom stereocenters. The smallest absolute Gasteiger partial charge is 0.294 e. The maximum atomic E-state index is 12.6. The quantitative estimate of drug-likeness (QED) is 0.581. The fraction of sp³-hybridized carbons (Fsp3) is 0.438. The van der Waals surface area contributed by atoms with Gasteiger partial charge in [0.05, 0.1) is 17.4 Å². The summed E-state index contributed by atoms with van der Waals surface area (Å²) in [6.45, 7) is 2.67. The van der Waals surface area contributed by atoms with Crippen molar-refractivity contribution in [1.29, 1.82) is 0 Å². The molecule has 26 heavy (non-hydrogen) atoms. The highest BCUT2D eigenvalue weighted by molar-refractivity contribution is 5.82. The average Bonchev–Trinajstić information content (AvgIpc) is 2.60. The lowest BCUT2D eigenvalue weighted by Gasteiger charge is -2.30. The molecule has 0 saturated heterocycles. The van der Waals surface area contributed by atoms with Gasteiger partial charge >= 0.3 is 0 Å². The number of hydrogen-bond acceptors (Lipinski definition) is 7. The molecule has 0 spiro atoms. The number of carbonyl (C=O) groups is 1. The molecule has 0 bridgehead atoms. The van der Waals surface area contributed by atoms with E-state index in [1.165, 1.54) is 6.92 Å². The minimum Gasteiger partial charge on any atom is -0.352 e. The zero-order valence-corrected chi connectivity index (χ0v) is 14.3. The Bertz CT molecular complexity index is 896. The molecule has 138 valence electrons. The van der Waals surface area contributed by atoms with E-state index >= 15 is 0 Å². The summed E-state index contributed by atoms with van der Waals surface area (Å²) in [6.07, 6.45) is -0.0200. The number of rotatable bonds is 6. The van der Waals surface area contributed by atoms with Gasteiger partial charge in [-0.05, 0) is 25.5 Å². The molecule has 10 nitrogen and oxygen atoms in total. The zero-order chi connectivity index (χ0) is 18.7. The van der Waals surface area contributed by atoms with Gasteiger partial charge in [-0.25, -0.2) is 4.98 Å². The third-order valence-corrected chi connectivity index (χ3v) is 4.12. The molecule has 1 amide bonds. The van der Waals surface area contributed by atoms with E-state index in [9.17, 15) is 19.7 Å². The molecule has 1 unspecified atom stereocenters. The number of aromatic nitrogens is 2. The average molecular weight is 361 g/mol. The third-order valence-electron chi connectivity index (χ3n) is 4.12. The molecule has 1 aromatic carbocycles. The first kappa shape index (κ1) is 17.6. The van der Waals surface area contributed by atoms with Crippen LogP contribution in [0.5, 0.6) is 0 Å². The lowest BCUT2D eigenvalue weighted by atomic mass is 10.2. The second-order valence-electron chi connectivity index (χ2n) is 6.10. The largest absolute Gasteiger partial charge is 0.352 e. The number of carbonyl (C=O) groups excluding carboxylic acids is 1. The monoisotopic (exact) mass is 361 g/mol. The van der Waals surface area contributed by atoms with E-state index in [4.69, 9.17) is 0 Å². The maximum Gasteiger partial charge on any atom is 0.294 e. The molecular formula is C16H19N5O5. The van der Waals surface area contributed by atoms with Crippen molar-refractivity contribution in [1.82, 2.24) is 14.9 Å². The van der Waals surface area contributed by atoms with Crippen LogP contribution in [0.15, 0.2) is 29.1 Å². The molecule has 1 aromatic heterocycles. The minimum atomic E-state index is -0.890. The number of nitrogens with one attached hydrogen (secondary N) is 1. The summed E-state index contributed by atoms with van der Waals surface area (Å²) in [5, 5.41) is 12.5. The first-order valence-electron chi connectivity index (χ1n) is 8.28. The van der Waals surface area contributed by atoms with Gasteiger partial charge in [0.1, 0.15) is 6.10 Å². The van der Waals surface area contributed by atoms with E-state index in [2.05, 4.69) is 15.1 Å². The summed E-state index contributed by atoms with van der Waals surface area (Å²) in [5.41, 5.74) is 0.466. The van der Waals surface area contributed by atoms with Gasteiger partial charge in [-0.2, -0.15) is 0 Å². The van der Waals surface area contributed by atoms with Crippen LogP contribution in [0.4, 0.5) is 5.95 Å². The highest BCUT2D eigenvalue weighted by Crippen LogP contribution is 2.19. The van der Waals surface area contributed by atoms with Gasteiger partial charge in [-0.3, -0.25) is 14.2 Å². The number of fused-ring (bicyclic) bond motifs is 2. The molecule has 3 rings (SSSR count). The molecular weight excluding hydrogens is 342 g/mol. The molecule has 0 fully saturated rings. The van der Waals surface area contributed by atoms with Crippen molar-refractivity contribution in [3.05, 3.63) is 44.7 Å². The molecule has 0 radical (unpaired) electrons. The Balaban J connectivity index is 1.74. The van der Waals surface area contributed by atoms with Gasteiger partial charge in [-0.1, -0.05) is 12.1 Å². The Morgan fingerprint density at radius 2 is 2.19 bits per heavy atom. The van der Waals surface area contributed by atoms with Crippen LogP contribution in [-0.4, -0.2) is 46.3 Å². The molecule has 1 N–H and O–H groups in total. The molecule has 2 heterocycles.